The van der Waals surface area contributed by atoms with Crippen LogP contribution in [0.4, 0.5) is 31.5 Å². The molecule has 3 rings (SSSR count). The lowest BCUT2D eigenvalue weighted by Crippen LogP contribution is -2.36. The van der Waals surface area contributed by atoms with E-state index in [1.54, 1.807) is 4.90 Å². The Labute approximate surface area is 176 Å². The fraction of sp³-hybridized carbons (Fsp3) is 0.444. The van der Waals surface area contributed by atoms with Crippen LogP contribution in [0.3, 0.4) is 0 Å². The molecule has 6 nitrogen and oxygen atoms in total. The van der Waals surface area contributed by atoms with Gasteiger partial charge in [-0.05, 0) is 24.6 Å². The number of aromatic nitrogens is 1. The van der Waals surface area contributed by atoms with Crippen molar-refractivity contribution in [1.29, 1.82) is 0 Å². The number of anilines is 1. The molecule has 1 fully saturated rings. The highest BCUT2D eigenvalue weighted by atomic mass is 32.1. The van der Waals surface area contributed by atoms with E-state index in [0.717, 1.165) is 12.1 Å². The summed E-state index contributed by atoms with van der Waals surface area (Å²) in [6.07, 6.45) is -9.75. The molecule has 1 aliphatic heterocycles. The van der Waals surface area contributed by atoms with Crippen LogP contribution < -0.4 is 15.0 Å². The summed E-state index contributed by atoms with van der Waals surface area (Å²) < 4.78 is 86.6. The van der Waals surface area contributed by atoms with Gasteiger partial charge in [0.05, 0.1) is 19.3 Å². The molecule has 1 N–H and O–H groups in total. The summed E-state index contributed by atoms with van der Waals surface area (Å²) in [4.78, 5) is 17.2. The first-order valence-electron chi connectivity index (χ1n) is 9.01. The van der Waals surface area contributed by atoms with Gasteiger partial charge in [0.25, 0.3) is 5.91 Å². The van der Waals surface area contributed by atoms with Crippen LogP contribution in [0.5, 0.6) is 5.75 Å². The summed E-state index contributed by atoms with van der Waals surface area (Å²) >= 11 is 0.603. The SMILES string of the molecule is CC(NC(=O)c1sc(N2CCOCC2)nc1C(F)(F)F)c1cccc(OC(F)(F)F)c1. The number of alkyl halides is 6. The Bertz CT molecular complexity index is 925. The molecule has 1 aromatic carbocycles. The van der Waals surface area contributed by atoms with Crippen molar-refractivity contribution in [2.24, 2.45) is 0 Å². The van der Waals surface area contributed by atoms with Crippen LogP contribution in [-0.4, -0.2) is 43.6 Å². The van der Waals surface area contributed by atoms with Crippen LogP contribution in [0.25, 0.3) is 0 Å². The van der Waals surface area contributed by atoms with Gasteiger partial charge in [0.1, 0.15) is 10.6 Å². The van der Waals surface area contributed by atoms with Gasteiger partial charge < -0.3 is 19.7 Å². The smallest absolute Gasteiger partial charge is 0.406 e. The molecule has 31 heavy (non-hydrogen) atoms. The van der Waals surface area contributed by atoms with Crippen molar-refractivity contribution in [1.82, 2.24) is 10.3 Å². The Balaban J connectivity index is 1.81. The van der Waals surface area contributed by atoms with Gasteiger partial charge in [0.2, 0.25) is 0 Å². The molecule has 1 saturated heterocycles. The lowest BCUT2D eigenvalue weighted by atomic mass is 10.1. The minimum absolute atomic E-state index is 0.0500. The van der Waals surface area contributed by atoms with Crippen molar-refractivity contribution in [3.63, 3.8) is 0 Å². The molecule has 1 aromatic heterocycles. The first-order valence-corrected chi connectivity index (χ1v) is 9.83. The Morgan fingerprint density at radius 1 is 1.23 bits per heavy atom. The van der Waals surface area contributed by atoms with Gasteiger partial charge >= 0.3 is 12.5 Å². The highest BCUT2D eigenvalue weighted by molar-refractivity contribution is 7.17. The summed E-state index contributed by atoms with van der Waals surface area (Å²) in [5.74, 6) is -1.53. The number of halogens is 6. The quantitative estimate of drug-likeness (QED) is 0.659. The van der Waals surface area contributed by atoms with E-state index in [4.69, 9.17) is 4.74 Å². The van der Waals surface area contributed by atoms with Crippen LogP contribution >= 0.6 is 11.3 Å². The van der Waals surface area contributed by atoms with Crippen LogP contribution in [0.15, 0.2) is 24.3 Å². The number of morpholine rings is 1. The van der Waals surface area contributed by atoms with E-state index in [-0.39, 0.29) is 10.7 Å². The molecule has 0 bridgehead atoms. The van der Waals surface area contributed by atoms with Gasteiger partial charge in [-0.3, -0.25) is 4.79 Å². The number of nitrogens with zero attached hydrogens (tertiary/aromatic N) is 2. The molecule has 13 heteroatoms. The fourth-order valence-electron chi connectivity index (χ4n) is 2.87. The molecule has 1 amide bonds. The minimum atomic E-state index is -4.90. The lowest BCUT2D eigenvalue weighted by molar-refractivity contribution is -0.274. The highest BCUT2D eigenvalue weighted by Gasteiger charge is 2.40. The summed E-state index contributed by atoms with van der Waals surface area (Å²) in [7, 11) is 0. The second kappa shape index (κ2) is 8.91. The molecular formula is C18H17F6N3O3S. The Morgan fingerprint density at radius 2 is 1.90 bits per heavy atom. The molecule has 2 heterocycles. The minimum Gasteiger partial charge on any atom is -0.406 e. The van der Waals surface area contributed by atoms with E-state index < -0.39 is 40.8 Å². The zero-order valence-electron chi connectivity index (χ0n) is 16.0. The second-order valence-corrected chi connectivity index (χ2v) is 7.56. The molecule has 0 saturated carbocycles. The fourth-order valence-corrected chi connectivity index (χ4v) is 3.91. The summed E-state index contributed by atoms with van der Waals surface area (Å²) in [6.45, 7) is 2.77. The normalized spacial score (nSPS) is 16.2. The summed E-state index contributed by atoms with van der Waals surface area (Å²) in [6, 6.07) is 3.94. The van der Waals surface area contributed by atoms with Crippen LogP contribution in [0, 0.1) is 0 Å². The number of hydrogen-bond acceptors (Lipinski definition) is 6. The molecule has 1 atom stereocenters. The number of ether oxygens (including phenoxy) is 2. The summed E-state index contributed by atoms with van der Waals surface area (Å²) in [5.41, 5.74) is -1.08. The number of nitrogens with one attached hydrogen (secondary N) is 1. The van der Waals surface area contributed by atoms with Gasteiger partial charge in [-0.1, -0.05) is 23.5 Å². The molecule has 0 radical (unpaired) electrons. The van der Waals surface area contributed by atoms with E-state index in [0.29, 0.717) is 37.6 Å². The van der Waals surface area contributed by atoms with Gasteiger partial charge in [-0.25, -0.2) is 4.98 Å². The van der Waals surface area contributed by atoms with Gasteiger partial charge in [0, 0.05) is 13.1 Å². The zero-order chi connectivity index (χ0) is 22.8. The Hall–Kier alpha value is -2.54. The maximum atomic E-state index is 13.5. The number of carbonyl (C=O) groups excluding carboxylic acids is 1. The van der Waals surface area contributed by atoms with E-state index in [1.165, 1.54) is 19.1 Å². The van der Waals surface area contributed by atoms with Crippen molar-refractivity contribution >= 4 is 22.4 Å². The van der Waals surface area contributed by atoms with Crippen LogP contribution in [0.1, 0.15) is 33.9 Å². The Kier molecular flexibility index (Phi) is 6.65. The molecule has 2 aromatic rings. The number of hydrogen-bond donors (Lipinski definition) is 1. The number of thiazole rings is 1. The molecule has 0 spiro atoms. The van der Waals surface area contributed by atoms with Crippen LogP contribution in [-0.2, 0) is 10.9 Å². The van der Waals surface area contributed by atoms with Crippen molar-refractivity contribution in [2.45, 2.75) is 25.5 Å². The topological polar surface area (TPSA) is 63.7 Å². The third-order valence-electron chi connectivity index (χ3n) is 4.31. The van der Waals surface area contributed by atoms with Crippen molar-refractivity contribution in [2.75, 3.05) is 31.2 Å². The van der Waals surface area contributed by atoms with E-state index in [1.807, 2.05) is 0 Å². The average molecular weight is 469 g/mol. The third-order valence-corrected chi connectivity index (χ3v) is 5.43. The lowest BCUT2D eigenvalue weighted by Gasteiger charge is -2.26. The highest BCUT2D eigenvalue weighted by Crippen LogP contribution is 2.38. The van der Waals surface area contributed by atoms with Gasteiger partial charge in [-0.2, -0.15) is 13.2 Å². The van der Waals surface area contributed by atoms with Gasteiger partial charge in [-0.15, -0.1) is 13.2 Å². The third kappa shape index (κ3) is 6.00. The summed E-state index contributed by atoms with van der Waals surface area (Å²) in [5, 5.41) is 2.43. The second-order valence-electron chi connectivity index (χ2n) is 6.59. The van der Waals surface area contributed by atoms with E-state index in [9.17, 15) is 31.1 Å². The van der Waals surface area contributed by atoms with Crippen molar-refractivity contribution in [3.8, 4) is 5.75 Å². The Morgan fingerprint density at radius 3 is 2.52 bits per heavy atom. The largest absolute Gasteiger partial charge is 0.573 e. The van der Waals surface area contributed by atoms with E-state index in [2.05, 4.69) is 15.0 Å². The maximum absolute atomic E-state index is 13.5. The molecule has 1 unspecified atom stereocenters. The molecular weight excluding hydrogens is 452 g/mol. The van der Waals surface area contributed by atoms with Crippen molar-refractivity contribution < 1.29 is 40.6 Å². The standard InChI is InChI=1S/C18H17F6N3O3S/c1-10(11-3-2-4-12(9-11)30-18(22,23)24)25-15(28)13-14(17(19,20)21)26-16(31-13)27-5-7-29-8-6-27/h2-4,9-10H,5-8H2,1H3,(H,25,28). The molecule has 0 aliphatic carbocycles. The van der Waals surface area contributed by atoms with E-state index >= 15 is 0 Å². The monoisotopic (exact) mass is 469 g/mol. The van der Waals surface area contributed by atoms with Crippen molar-refractivity contribution in [3.05, 3.63) is 40.4 Å². The number of rotatable bonds is 5. The maximum Gasteiger partial charge on any atom is 0.573 e. The average Bonchev–Trinajstić information content (AvgIpc) is 3.14. The number of amides is 1. The first kappa shape index (κ1) is 23.1. The predicted molar refractivity (Wildman–Crippen MR) is 99.2 cm³/mol. The number of carbonyl (C=O) groups is 1. The number of benzene rings is 1. The first-order chi connectivity index (χ1) is 14.4. The van der Waals surface area contributed by atoms with Gasteiger partial charge in [0.15, 0.2) is 10.8 Å². The van der Waals surface area contributed by atoms with Crippen LogP contribution in [0.2, 0.25) is 0 Å². The predicted octanol–water partition coefficient (Wildman–Crippen LogP) is 4.39. The molecule has 170 valence electrons. The molecule has 1 aliphatic rings. The zero-order valence-corrected chi connectivity index (χ0v) is 16.8.